The SMILES string of the molecule is Cc1ccc(-c2cc(C(F)(F)F)c(C)[nH]2)c(C)n1. The molecule has 18 heavy (non-hydrogen) atoms. The van der Waals surface area contributed by atoms with Crippen LogP contribution in [0.15, 0.2) is 18.2 Å². The van der Waals surface area contributed by atoms with Gasteiger partial charge in [-0.3, -0.25) is 4.98 Å². The van der Waals surface area contributed by atoms with Gasteiger partial charge in [-0.05, 0) is 39.0 Å². The van der Waals surface area contributed by atoms with E-state index in [0.29, 0.717) is 17.0 Å². The fourth-order valence-electron chi connectivity index (χ4n) is 1.97. The molecule has 2 aromatic rings. The molecule has 0 aliphatic heterocycles. The first-order valence-corrected chi connectivity index (χ1v) is 5.50. The first-order chi connectivity index (χ1) is 8.29. The molecule has 0 bridgehead atoms. The standard InChI is InChI=1S/C13H13F3N2/c1-7-4-5-10(8(2)17-7)12-6-11(9(3)18-12)13(14,15)16/h4-6,18H,1-3H3. The number of halogens is 3. The van der Waals surface area contributed by atoms with Gasteiger partial charge in [0.05, 0.1) is 5.56 Å². The summed E-state index contributed by atoms with van der Waals surface area (Å²) < 4.78 is 38.1. The summed E-state index contributed by atoms with van der Waals surface area (Å²) in [6.45, 7) is 5.05. The second-order valence-corrected chi connectivity index (χ2v) is 4.31. The second-order valence-electron chi connectivity index (χ2n) is 4.31. The molecule has 2 rings (SSSR count). The van der Waals surface area contributed by atoms with E-state index in [-0.39, 0.29) is 5.69 Å². The lowest BCUT2D eigenvalue weighted by atomic mass is 10.1. The zero-order valence-electron chi connectivity index (χ0n) is 10.3. The van der Waals surface area contributed by atoms with Crippen LogP contribution in [0.4, 0.5) is 13.2 Å². The third kappa shape index (κ3) is 2.25. The van der Waals surface area contributed by atoms with Crippen LogP contribution in [-0.2, 0) is 6.18 Å². The average Bonchev–Trinajstić information content (AvgIpc) is 2.59. The Hall–Kier alpha value is -1.78. The molecule has 2 aromatic heterocycles. The highest BCUT2D eigenvalue weighted by molar-refractivity contribution is 5.64. The molecular formula is C13H13F3N2. The molecule has 5 heteroatoms. The zero-order valence-corrected chi connectivity index (χ0v) is 10.3. The monoisotopic (exact) mass is 254 g/mol. The van der Waals surface area contributed by atoms with E-state index in [1.807, 2.05) is 6.92 Å². The summed E-state index contributed by atoms with van der Waals surface area (Å²) >= 11 is 0. The maximum atomic E-state index is 12.7. The van der Waals surface area contributed by atoms with Crippen LogP contribution >= 0.6 is 0 Å². The number of H-pyrrole nitrogens is 1. The van der Waals surface area contributed by atoms with Gasteiger partial charge in [-0.15, -0.1) is 0 Å². The van der Waals surface area contributed by atoms with Gasteiger partial charge in [0.1, 0.15) is 0 Å². The maximum absolute atomic E-state index is 12.7. The van der Waals surface area contributed by atoms with Crippen molar-refractivity contribution < 1.29 is 13.2 Å². The van der Waals surface area contributed by atoms with E-state index in [1.165, 1.54) is 6.92 Å². The van der Waals surface area contributed by atoms with Crippen molar-refractivity contribution in [3.63, 3.8) is 0 Å². The number of nitrogens with one attached hydrogen (secondary N) is 1. The molecule has 2 heterocycles. The Bertz CT molecular complexity index is 582. The molecule has 0 spiro atoms. The molecule has 0 radical (unpaired) electrons. The summed E-state index contributed by atoms with van der Waals surface area (Å²) in [5.74, 6) is 0. The number of pyridine rings is 1. The molecule has 2 nitrogen and oxygen atoms in total. The van der Waals surface area contributed by atoms with E-state index in [1.54, 1.807) is 19.1 Å². The van der Waals surface area contributed by atoms with Crippen molar-refractivity contribution in [2.24, 2.45) is 0 Å². The molecule has 96 valence electrons. The van der Waals surface area contributed by atoms with Gasteiger partial charge < -0.3 is 4.98 Å². The van der Waals surface area contributed by atoms with Gasteiger partial charge in [-0.1, -0.05) is 0 Å². The third-order valence-electron chi connectivity index (χ3n) is 2.84. The van der Waals surface area contributed by atoms with Gasteiger partial charge in [-0.25, -0.2) is 0 Å². The van der Waals surface area contributed by atoms with Crippen molar-refractivity contribution in [2.45, 2.75) is 26.9 Å². The number of aryl methyl sites for hydroxylation is 3. The van der Waals surface area contributed by atoms with Crippen LogP contribution in [0.5, 0.6) is 0 Å². The first kappa shape index (κ1) is 12.7. The quantitative estimate of drug-likeness (QED) is 0.818. The smallest absolute Gasteiger partial charge is 0.358 e. The minimum absolute atomic E-state index is 0.123. The van der Waals surface area contributed by atoms with Crippen LogP contribution in [0.2, 0.25) is 0 Å². The Morgan fingerprint density at radius 3 is 2.28 bits per heavy atom. The highest BCUT2D eigenvalue weighted by Gasteiger charge is 2.34. The Morgan fingerprint density at radius 1 is 1.11 bits per heavy atom. The summed E-state index contributed by atoms with van der Waals surface area (Å²) in [6.07, 6.45) is -4.33. The first-order valence-electron chi connectivity index (χ1n) is 5.50. The van der Waals surface area contributed by atoms with Crippen molar-refractivity contribution in [3.05, 3.63) is 40.8 Å². The van der Waals surface area contributed by atoms with Crippen LogP contribution < -0.4 is 0 Å². The number of alkyl halides is 3. The molecule has 0 saturated heterocycles. The van der Waals surface area contributed by atoms with E-state index in [2.05, 4.69) is 9.97 Å². The minimum atomic E-state index is -4.33. The zero-order chi connectivity index (χ0) is 13.5. The number of rotatable bonds is 1. The van der Waals surface area contributed by atoms with Crippen molar-refractivity contribution in [1.29, 1.82) is 0 Å². The lowest BCUT2D eigenvalue weighted by Gasteiger charge is -2.04. The van der Waals surface area contributed by atoms with Gasteiger partial charge in [0.2, 0.25) is 0 Å². The van der Waals surface area contributed by atoms with Gasteiger partial charge in [0.15, 0.2) is 0 Å². The summed E-state index contributed by atoms with van der Waals surface area (Å²) in [5, 5.41) is 0. The Morgan fingerprint density at radius 2 is 1.78 bits per heavy atom. The van der Waals surface area contributed by atoms with Crippen molar-refractivity contribution in [1.82, 2.24) is 9.97 Å². The number of hydrogen-bond acceptors (Lipinski definition) is 1. The van der Waals surface area contributed by atoms with Gasteiger partial charge >= 0.3 is 6.18 Å². The van der Waals surface area contributed by atoms with E-state index >= 15 is 0 Å². The summed E-state index contributed by atoms with van der Waals surface area (Å²) in [5.41, 5.74) is 2.19. The topological polar surface area (TPSA) is 28.7 Å². The molecule has 0 atom stereocenters. The molecule has 0 fully saturated rings. The lowest BCUT2D eigenvalue weighted by molar-refractivity contribution is -0.137. The van der Waals surface area contributed by atoms with Crippen LogP contribution in [0.25, 0.3) is 11.3 Å². The predicted octanol–water partition coefficient (Wildman–Crippen LogP) is 4.02. The number of aromatic amines is 1. The van der Waals surface area contributed by atoms with Crippen molar-refractivity contribution >= 4 is 0 Å². The highest BCUT2D eigenvalue weighted by atomic mass is 19.4. The summed E-state index contributed by atoms with van der Waals surface area (Å²) in [7, 11) is 0. The van der Waals surface area contributed by atoms with Crippen LogP contribution in [-0.4, -0.2) is 9.97 Å². The van der Waals surface area contributed by atoms with E-state index in [9.17, 15) is 13.2 Å². The fourth-order valence-corrected chi connectivity index (χ4v) is 1.97. The van der Waals surface area contributed by atoms with Gasteiger partial charge in [0, 0.05) is 28.3 Å². The molecule has 0 aliphatic rings. The van der Waals surface area contributed by atoms with Crippen molar-refractivity contribution in [2.75, 3.05) is 0 Å². The normalized spacial score (nSPS) is 11.9. The van der Waals surface area contributed by atoms with Gasteiger partial charge in [-0.2, -0.15) is 13.2 Å². The van der Waals surface area contributed by atoms with Crippen LogP contribution in [0.1, 0.15) is 22.6 Å². The predicted molar refractivity (Wildman–Crippen MR) is 63.2 cm³/mol. The molecule has 0 amide bonds. The summed E-state index contributed by atoms with van der Waals surface area (Å²) in [4.78, 5) is 7.02. The Kier molecular flexibility index (Phi) is 2.92. The number of aromatic nitrogens is 2. The second kappa shape index (κ2) is 4.15. The van der Waals surface area contributed by atoms with Gasteiger partial charge in [0.25, 0.3) is 0 Å². The fraction of sp³-hybridized carbons (Fsp3) is 0.308. The molecule has 0 aliphatic carbocycles. The maximum Gasteiger partial charge on any atom is 0.418 e. The molecule has 0 unspecified atom stereocenters. The van der Waals surface area contributed by atoms with E-state index in [0.717, 1.165) is 11.8 Å². The third-order valence-corrected chi connectivity index (χ3v) is 2.84. The number of nitrogens with zero attached hydrogens (tertiary/aromatic N) is 1. The molecule has 0 aromatic carbocycles. The summed E-state index contributed by atoms with van der Waals surface area (Å²) in [6, 6.07) is 4.70. The molecule has 1 N–H and O–H groups in total. The van der Waals surface area contributed by atoms with Crippen molar-refractivity contribution in [3.8, 4) is 11.3 Å². The minimum Gasteiger partial charge on any atom is -0.358 e. The largest absolute Gasteiger partial charge is 0.418 e. The van der Waals surface area contributed by atoms with E-state index < -0.39 is 11.7 Å². The molecule has 0 saturated carbocycles. The Balaban J connectivity index is 2.53. The number of hydrogen-bond donors (Lipinski definition) is 1. The van der Waals surface area contributed by atoms with Crippen LogP contribution in [0, 0.1) is 20.8 Å². The Labute approximate surface area is 103 Å². The van der Waals surface area contributed by atoms with E-state index in [4.69, 9.17) is 0 Å². The lowest BCUT2D eigenvalue weighted by Crippen LogP contribution is -2.04. The molecular weight excluding hydrogens is 241 g/mol. The average molecular weight is 254 g/mol. The van der Waals surface area contributed by atoms with Crippen LogP contribution in [0.3, 0.4) is 0 Å². The highest BCUT2D eigenvalue weighted by Crippen LogP contribution is 2.35.